The highest BCUT2D eigenvalue weighted by atomic mass is 16.5. The molecule has 0 atom stereocenters. The summed E-state index contributed by atoms with van der Waals surface area (Å²) in [5.41, 5.74) is 5.82. The first-order valence-corrected chi connectivity index (χ1v) is 10.3. The summed E-state index contributed by atoms with van der Waals surface area (Å²) in [6, 6.07) is 24.7. The number of amides is 1. The van der Waals surface area contributed by atoms with Crippen molar-refractivity contribution in [3.8, 4) is 16.9 Å². The van der Waals surface area contributed by atoms with Crippen LogP contribution in [0.3, 0.4) is 0 Å². The maximum absolute atomic E-state index is 12.4. The van der Waals surface area contributed by atoms with Gasteiger partial charge in [0.15, 0.2) is 0 Å². The van der Waals surface area contributed by atoms with Crippen molar-refractivity contribution in [1.82, 2.24) is 10.2 Å². The van der Waals surface area contributed by atoms with Gasteiger partial charge >= 0.3 is 0 Å². The lowest BCUT2D eigenvalue weighted by molar-refractivity contribution is -0.121. The van der Waals surface area contributed by atoms with E-state index < -0.39 is 0 Å². The number of carbonyl (C=O) groups excluding carboxylic acids is 1. The minimum absolute atomic E-state index is 0.0500. The molecule has 0 saturated carbocycles. The summed E-state index contributed by atoms with van der Waals surface area (Å²) < 4.78 is 5.25. The molecular formula is C26H30N2O2. The van der Waals surface area contributed by atoms with E-state index in [1.165, 1.54) is 11.1 Å². The van der Waals surface area contributed by atoms with Crippen LogP contribution in [0.15, 0.2) is 72.8 Å². The Morgan fingerprint density at radius 1 is 0.933 bits per heavy atom. The number of nitrogens with zero attached hydrogens (tertiary/aromatic N) is 1. The quantitative estimate of drug-likeness (QED) is 0.565. The third-order valence-electron chi connectivity index (χ3n) is 5.03. The van der Waals surface area contributed by atoms with Gasteiger partial charge in [0, 0.05) is 19.5 Å². The summed E-state index contributed by atoms with van der Waals surface area (Å²) in [7, 11) is 5.79. The largest absolute Gasteiger partial charge is 0.497 e. The number of hydrogen-bond acceptors (Lipinski definition) is 3. The molecule has 0 aromatic heterocycles. The first kappa shape index (κ1) is 21.6. The normalized spacial score (nSPS) is 10.8. The van der Waals surface area contributed by atoms with E-state index in [4.69, 9.17) is 4.74 Å². The van der Waals surface area contributed by atoms with Gasteiger partial charge in [0.2, 0.25) is 5.91 Å². The maximum atomic E-state index is 12.4. The molecule has 4 heteroatoms. The van der Waals surface area contributed by atoms with Crippen LogP contribution in [0.1, 0.15) is 23.1 Å². The van der Waals surface area contributed by atoms with Gasteiger partial charge in [0.05, 0.1) is 7.11 Å². The van der Waals surface area contributed by atoms with E-state index in [2.05, 4.69) is 60.7 Å². The van der Waals surface area contributed by atoms with Gasteiger partial charge in [-0.25, -0.2) is 0 Å². The van der Waals surface area contributed by atoms with E-state index >= 15 is 0 Å². The first-order chi connectivity index (χ1) is 14.5. The van der Waals surface area contributed by atoms with Gasteiger partial charge in [0.25, 0.3) is 0 Å². The van der Waals surface area contributed by atoms with Crippen molar-refractivity contribution in [2.24, 2.45) is 0 Å². The Bertz CT molecular complexity index is 965. The highest BCUT2D eigenvalue weighted by molar-refractivity contribution is 5.77. The molecule has 156 valence electrons. The Kier molecular flexibility index (Phi) is 7.63. The van der Waals surface area contributed by atoms with Crippen LogP contribution < -0.4 is 10.1 Å². The van der Waals surface area contributed by atoms with Crippen LogP contribution in [0.25, 0.3) is 11.1 Å². The number of aryl methyl sites for hydroxylation is 1. The zero-order valence-electron chi connectivity index (χ0n) is 18.0. The van der Waals surface area contributed by atoms with Crippen molar-refractivity contribution < 1.29 is 9.53 Å². The van der Waals surface area contributed by atoms with Crippen LogP contribution >= 0.6 is 0 Å². The van der Waals surface area contributed by atoms with Crippen molar-refractivity contribution in [2.45, 2.75) is 25.9 Å². The molecule has 1 amide bonds. The molecule has 0 radical (unpaired) electrons. The SMILES string of the molecule is COc1cccc(CCC(=O)NCc2ccccc2-c2ccc(CN(C)C)cc2)c1. The van der Waals surface area contributed by atoms with Gasteiger partial charge in [-0.1, -0.05) is 60.7 Å². The molecule has 30 heavy (non-hydrogen) atoms. The van der Waals surface area contributed by atoms with E-state index in [0.29, 0.717) is 19.4 Å². The van der Waals surface area contributed by atoms with Crippen molar-refractivity contribution in [1.29, 1.82) is 0 Å². The van der Waals surface area contributed by atoms with E-state index in [0.717, 1.165) is 29.0 Å². The average molecular weight is 403 g/mol. The smallest absolute Gasteiger partial charge is 0.220 e. The highest BCUT2D eigenvalue weighted by Crippen LogP contribution is 2.24. The molecule has 0 aliphatic carbocycles. The molecular weight excluding hydrogens is 372 g/mol. The Morgan fingerprint density at radius 2 is 1.70 bits per heavy atom. The molecule has 0 aliphatic rings. The molecule has 1 N–H and O–H groups in total. The van der Waals surface area contributed by atoms with Crippen LogP contribution in [0.4, 0.5) is 0 Å². The first-order valence-electron chi connectivity index (χ1n) is 10.3. The fraction of sp³-hybridized carbons (Fsp3) is 0.269. The summed E-state index contributed by atoms with van der Waals surface area (Å²) >= 11 is 0. The monoisotopic (exact) mass is 402 g/mol. The second-order valence-corrected chi connectivity index (χ2v) is 7.72. The molecule has 0 unspecified atom stereocenters. The van der Waals surface area contributed by atoms with Gasteiger partial charge in [-0.05, 0) is 60.5 Å². The standard InChI is InChI=1S/C26H30N2O2/c1-28(2)19-21-11-14-22(15-12-21)25-10-5-4-8-23(25)18-27-26(29)16-13-20-7-6-9-24(17-20)30-3/h4-12,14-15,17H,13,16,18-19H2,1-3H3,(H,27,29). The van der Waals surface area contributed by atoms with Crippen LogP contribution in [0.2, 0.25) is 0 Å². The summed E-state index contributed by atoms with van der Waals surface area (Å²) in [6.45, 7) is 1.44. The van der Waals surface area contributed by atoms with Gasteiger partial charge in [-0.15, -0.1) is 0 Å². The van der Waals surface area contributed by atoms with Crippen LogP contribution in [0.5, 0.6) is 5.75 Å². The average Bonchev–Trinajstić information content (AvgIpc) is 2.77. The molecule has 3 aromatic rings. The van der Waals surface area contributed by atoms with Gasteiger partial charge < -0.3 is 15.0 Å². The van der Waals surface area contributed by atoms with Gasteiger partial charge in [0.1, 0.15) is 5.75 Å². The van der Waals surface area contributed by atoms with Crippen LogP contribution in [-0.4, -0.2) is 32.0 Å². The second-order valence-electron chi connectivity index (χ2n) is 7.72. The fourth-order valence-corrected chi connectivity index (χ4v) is 3.48. The van der Waals surface area contributed by atoms with E-state index in [9.17, 15) is 4.79 Å². The molecule has 0 saturated heterocycles. The van der Waals surface area contributed by atoms with Crippen molar-refractivity contribution in [3.63, 3.8) is 0 Å². The predicted octanol–water partition coefficient (Wildman–Crippen LogP) is 4.67. The fourth-order valence-electron chi connectivity index (χ4n) is 3.48. The molecule has 0 spiro atoms. The molecule has 0 fully saturated rings. The number of benzene rings is 3. The molecule has 0 bridgehead atoms. The Morgan fingerprint density at radius 3 is 2.43 bits per heavy atom. The van der Waals surface area contributed by atoms with E-state index in [-0.39, 0.29) is 5.91 Å². The lowest BCUT2D eigenvalue weighted by Gasteiger charge is -2.13. The zero-order valence-corrected chi connectivity index (χ0v) is 18.0. The lowest BCUT2D eigenvalue weighted by atomic mass is 9.98. The van der Waals surface area contributed by atoms with Crippen molar-refractivity contribution >= 4 is 5.91 Å². The Hall–Kier alpha value is -3.11. The number of nitrogens with one attached hydrogen (secondary N) is 1. The molecule has 3 aromatic carbocycles. The van der Waals surface area contributed by atoms with Crippen molar-refractivity contribution in [3.05, 3.63) is 89.5 Å². The molecule has 0 heterocycles. The van der Waals surface area contributed by atoms with Gasteiger partial charge in [-0.2, -0.15) is 0 Å². The minimum Gasteiger partial charge on any atom is -0.497 e. The number of ether oxygens (including phenoxy) is 1. The molecule has 3 rings (SSSR count). The van der Waals surface area contributed by atoms with Gasteiger partial charge in [-0.3, -0.25) is 4.79 Å². The summed E-state index contributed by atoms with van der Waals surface area (Å²) in [5.74, 6) is 0.868. The van der Waals surface area contributed by atoms with Crippen LogP contribution in [-0.2, 0) is 24.3 Å². The number of carbonyl (C=O) groups is 1. The van der Waals surface area contributed by atoms with E-state index in [1.54, 1.807) is 7.11 Å². The number of rotatable bonds is 9. The lowest BCUT2D eigenvalue weighted by Crippen LogP contribution is -2.23. The maximum Gasteiger partial charge on any atom is 0.220 e. The topological polar surface area (TPSA) is 41.6 Å². The molecule has 0 aliphatic heterocycles. The Labute approximate surface area is 179 Å². The number of methoxy groups -OCH3 is 1. The zero-order chi connectivity index (χ0) is 21.3. The third-order valence-corrected chi connectivity index (χ3v) is 5.03. The minimum atomic E-state index is 0.0500. The molecule has 4 nitrogen and oxygen atoms in total. The van der Waals surface area contributed by atoms with Crippen molar-refractivity contribution in [2.75, 3.05) is 21.2 Å². The third kappa shape index (κ3) is 6.19. The van der Waals surface area contributed by atoms with Crippen LogP contribution in [0, 0.1) is 0 Å². The predicted molar refractivity (Wildman–Crippen MR) is 122 cm³/mol. The Balaban J connectivity index is 1.60. The highest BCUT2D eigenvalue weighted by Gasteiger charge is 2.08. The summed E-state index contributed by atoms with van der Waals surface area (Å²) in [6.07, 6.45) is 1.15. The summed E-state index contributed by atoms with van der Waals surface area (Å²) in [5, 5.41) is 3.07. The summed E-state index contributed by atoms with van der Waals surface area (Å²) in [4.78, 5) is 14.5. The number of hydrogen-bond donors (Lipinski definition) is 1. The van der Waals surface area contributed by atoms with E-state index in [1.807, 2.05) is 36.4 Å². The second kappa shape index (κ2) is 10.6.